The highest BCUT2D eigenvalue weighted by Gasteiger charge is 2.30. The lowest BCUT2D eigenvalue weighted by Gasteiger charge is -2.13. The van der Waals surface area contributed by atoms with Gasteiger partial charge in [-0.3, -0.25) is 9.44 Å². The second-order valence-corrected chi connectivity index (χ2v) is 16.4. The third-order valence-corrected chi connectivity index (χ3v) is 11.3. The van der Waals surface area contributed by atoms with E-state index in [1.165, 1.54) is 24.3 Å². The first kappa shape index (κ1) is 43.3. The summed E-state index contributed by atoms with van der Waals surface area (Å²) >= 11 is 6.10. The van der Waals surface area contributed by atoms with Crippen molar-refractivity contribution in [1.29, 1.82) is 0 Å². The Kier molecular flexibility index (Phi) is 13.2. The highest BCUT2D eigenvalue weighted by Crippen LogP contribution is 2.33. The topological polar surface area (TPSA) is 120 Å². The summed E-state index contributed by atoms with van der Waals surface area (Å²) in [5.74, 6) is 0.458. The molecular weight excluding hydrogens is 827 g/mol. The quantitative estimate of drug-likeness (QED) is 0.124. The summed E-state index contributed by atoms with van der Waals surface area (Å²) < 4.78 is 136. The number of benzene rings is 6. The van der Waals surface area contributed by atoms with E-state index in [1.54, 1.807) is 50.4 Å². The molecule has 0 spiro atoms. The molecule has 0 aliphatic heterocycles. The highest BCUT2D eigenvalue weighted by atomic mass is 35.5. The summed E-state index contributed by atoms with van der Waals surface area (Å²) in [6.45, 7) is 5.27. The molecule has 0 aliphatic carbocycles. The number of ether oxygens (including phenoxy) is 3. The number of methoxy groups -OCH3 is 1. The van der Waals surface area contributed by atoms with Gasteiger partial charge in [-0.15, -0.1) is 0 Å². The van der Waals surface area contributed by atoms with E-state index in [9.17, 15) is 38.8 Å². The number of halogens is 6. The molecule has 0 fully saturated rings. The highest BCUT2D eigenvalue weighted by molar-refractivity contribution is 7.93. The predicted octanol–water partition coefficient (Wildman–Crippen LogP) is 11.4. The molecule has 6 aromatic carbocycles. The third kappa shape index (κ3) is 11.4. The van der Waals surface area contributed by atoms with Crippen LogP contribution in [-0.4, -0.2) is 23.9 Å². The Morgan fingerprint density at radius 3 is 1.64 bits per heavy atom. The van der Waals surface area contributed by atoms with Crippen LogP contribution in [0.15, 0.2) is 131 Å². The molecule has 58 heavy (non-hydrogen) atoms. The van der Waals surface area contributed by atoms with Gasteiger partial charge in [0.2, 0.25) is 0 Å². The molecule has 0 radical (unpaired) electrons. The van der Waals surface area contributed by atoms with Crippen molar-refractivity contribution in [3.05, 3.63) is 160 Å². The van der Waals surface area contributed by atoms with Crippen LogP contribution in [-0.2, 0) is 26.2 Å². The number of rotatable bonds is 11. The van der Waals surface area contributed by atoms with E-state index in [-0.39, 0.29) is 32.0 Å². The molecular formula is C41H34ClF5N2O7S2. The van der Waals surface area contributed by atoms with Crippen LogP contribution < -0.4 is 23.7 Å². The van der Waals surface area contributed by atoms with Gasteiger partial charge in [0.1, 0.15) is 45.3 Å². The van der Waals surface area contributed by atoms with E-state index in [2.05, 4.69) is 9.44 Å². The molecule has 0 aromatic heterocycles. The fourth-order valence-electron chi connectivity index (χ4n) is 5.23. The zero-order valence-electron chi connectivity index (χ0n) is 31.0. The van der Waals surface area contributed by atoms with Crippen LogP contribution in [0, 0.1) is 32.4 Å². The lowest BCUT2D eigenvalue weighted by molar-refractivity contribution is -0.137. The van der Waals surface area contributed by atoms with Gasteiger partial charge in [-0.05, 0) is 122 Å². The molecule has 6 aromatic rings. The SMILES string of the molecule is COc1cccc(Oc2ccc(NS(=O)(=O)c3ccc(C)cc3Cl)cc2C)c1.Cc1cc(NS(=O)(=O)c2ccc(C(F)(F)F)cc2)ccc1Oc1cc(F)cc(F)c1. The number of hydrogen-bond acceptors (Lipinski definition) is 7. The lowest BCUT2D eigenvalue weighted by atomic mass is 10.2. The zero-order chi connectivity index (χ0) is 42.4. The minimum Gasteiger partial charge on any atom is -0.497 e. The Bertz CT molecular complexity index is 2640. The van der Waals surface area contributed by atoms with Crippen LogP contribution in [0.2, 0.25) is 5.02 Å². The summed E-state index contributed by atoms with van der Waals surface area (Å²) in [4.78, 5) is -0.308. The van der Waals surface area contributed by atoms with E-state index in [0.717, 1.165) is 35.4 Å². The molecule has 0 atom stereocenters. The fraction of sp³-hybridized carbons (Fsp3) is 0.122. The monoisotopic (exact) mass is 860 g/mol. The van der Waals surface area contributed by atoms with Gasteiger partial charge in [0.25, 0.3) is 20.0 Å². The van der Waals surface area contributed by atoms with Crippen LogP contribution in [0.5, 0.6) is 28.7 Å². The molecule has 0 heterocycles. The Balaban J connectivity index is 0.000000221. The van der Waals surface area contributed by atoms with Crippen molar-refractivity contribution in [2.45, 2.75) is 36.7 Å². The van der Waals surface area contributed by atoms with Crippen molar-refractivity contribution in [2.24, 2.45) is 0 Å². The van der Waals surface area contributed by atoms with Crippen LogP contribution in [0.25, 0.3) is 0 Å². The van der Waals surface area contributed by atoms with E-state index >= 15 is 0 Å². The van der Waals surface area contributed by atoms with Gasteiger partial charge in [-0.2, -0.15) is 13.2 Å². The van der Waals surface area contributed by atoms with Crippen molar-refractivity contribution in [1.82, 2.24) is 0 Å². The number of hydrogen-bond donors (Lipinski definition) is 2. The average molecular weight is 861 g/mol. The smallest absolute Gasteiger partial charge is 0.416 e. The maximum absolute atomic E-state index is 13.3. The molecule has 0 saturated carbocycles. The lowest BCUT2D eigenvalue weighted by Crippen LogP contribution is -2.14. The third-order valence-electron chi connectivity index (χ3n) is 8.06. The minimum atomic E-state index is -4.58. The second-order valence-electron chi connectivity index (χ2n) is 12.6. The molecule has 304 valence electrons. The Hall–Kier alpha value is -5.84. The van der Waals surface area contributed by atoms with E-state index < -0.39 is 43.4 Å². The van der Waals surface area contributed by atoms with E-state index in [1.807, 2.05) is 32.0 Å². The molecule has 17 heteroatoms. The Morgan fingerprint density at radius 2 is 1.12 bits per heavy atom. The summed E-state index contributed by atoms with van der Waals surface area (Å²) in [5.41, 5.74) is 1.70. The van der Waals surface area contributed by atoms with E-state index in [4.69, 9.17) is 25.8 Å². The number of anilines is 2. The van der Waals surface area contributed by atoms with Gasteiger partial charge >= 0.3 is 6.18 Å². The Labute approximate surface area is 337 Å². The normalized spacial score (nSPS) is 11.6. The van der Waals surface area contributed by atoms with Gasteiger partial charge in [0, 0.05) is 35.6 Å². The van der Waals surface area contributed by atoms with Crippen LogP contribution in [0.4, 0.5) is 33.3 Å². The molecule has 0 unspecified atom stereocenters. The van der Waals surface area contributed by atoms with Crippen molar-refractivity contribution in [3.63, 3.8) is 0 Å². The molecule has 0 saturated heterocycles. The first-order chi connectivity index (χ1) is 27.2. The molecule has 0 bridgehead atoms. The Morgan fingerprint density at radius 1 is 0.586 bits per heavy atom. The van der Waals surface area contributed by atoms with Gasteiger partial charge in [-0.1, -0.05) is 23.7 Å². The van der Waals surface area contributed by atoms with Crippen molar-refractivity contribution in [3.8, 4) is 28.7 Å². The fourth-order valence-corrected chi connectivity index (χ4v) is 7.93. The van der Waals surface area contributed by atoms with Crippen molar-refractivity contribution < 1.29 is 53.0 Å². The van der Waals surface area contributed by atoms with Crippen molar-refractivity contribution in [2.75, 3.05) is 16.6 Å². The average Bonchev–Trinajstić information content (AvgIpc) is 3.13. The number of aryl methyl sites for hydroxylation is 3. The molecule has 2 N–H and O–H groups in total. The van der Waals surface area contributed by atoms with Gasteiger partial charge in [0.15, 0.2) is 0 Å². The summed E-state index contributed by atoms with van der Waals surface area (Å²) in [7, 11) is -6.34. The summed E-state index contributed by atoms with van der Waals surface area (Å²) in [6.07, 6.45) is -4.58. The van der Waals surface area contributed by atoms with Crippen LogP contribution in [0.3, 0.4) is 0 Å². The molecule has 6 rings (SSSR count). The predicted molar refractivity (Wildman–Crippen MR) is 211 cm³/mol. The first-order valence-electron chi connectivity index (χ1n) is 16.9. The van der Waals surface area contributed by atoms with Gasteiger partial charge in [-0.25, -0.2) is 25.6 Å². The van der Waals surface area contributed by atoms with Crippen molar-refractivity contribution >= 4 is 43.0 Å². The number of nitrogens with one attached hydrogen (secondary N) is 2. The molecule has 0 amide bonds. The van der Waals surface area contributed by atoms with Crippen LogP contribution >= 0.6 is 11.6 Å². The zero-order valence-corrected chi connectivity index (χ0v) is 33.4. The van der Waals surface area contributed by atoms with Gasteiger partial charge < -0.3 is 14.2 Å². The van der Waals surface area contributed by atoms with E-state index in [0.29, 0.717) is 46.7 Å². The van der Waals surface area contributed by atoms with Crippen LogP contribution in [0.1, 0.15) is 22.3 Å². The first-order valence-corrected chi connectivity index (χ1v) is 20.2. The molecule has 0 aliphatic rings. The maximum Gasteiger partial charge on any atom is 0.416 e. The standard InChI is InChI=1S/C21H20ClNO4S.C20H14F5NO3S/c1-14-7-10-21(19(22)11-14)28(24,25)23-16-8-9-20(15(2)12-16)27-18-6-4-5-17(13-18)26-3;1-12-8-16(4-7-19(12)29-17-10-14(21)9-15(22)11-17)26-30(27,28)18-5-2-13(3-6-18)20(23,24)25/h4-13,23H,1-3H3;2-11,26H,1H3. The largest absolute Gasteiger partial charge is 0.497 e. The minimum absolute atomic E-state index is 0.0362. The number of sulfonamides is 2. The number of alkyl halides is 3. The molecule has 9 nitrogen and oxygen atoms in total. The summed E-state index contributed by atoms with van der Waals surface area (Å²) in [6, 6.07) is 27.0. The summed E-state index contributed by atoms with van der Waals surface area (Å²) in [5, 5.41) is 0.183. The second kappa shape index (κ2) is 17.7. The van der Waals surface area contributed by atoms with Gasteiger partial charge in [0.05, 0.1) is 22.6 Å². The maximum atomic E-state index is 13.3.